The van der Waals surface area contributed by atoms with Crippen LogP contribution < -0.4 is 0 Å². The Kier molecular flexibility index (Phi) is 4.93. The third kappa shape index (κ3) is 2.90. The third-order valence-corrected chi connectivity index (χ3v) is 5.58. The Hall–Kier alpha value is -1.29. The Labute approximate surface area is 143 Å². The highest BCUT2D eigenvalue weighted by molar-refractivity contribution is 7.74. The summed E-state index contributed by atoms with van der Waals surface area (Å²) in [4.78, 5) is 23.5. The number of fused-ring (bicyclic) bond motifs is 2. The molecule has 8 nitrogen and oxygen atoms in total. The first kappa shape index (κ1) is 19.0. The molecule has 2 aliphatic rings. The molecule has 5 unspecified atom stereocenters. The highest BCUT2D eigenvalue weighted by atomic mass is 32.2. The number of rotatable bonds is 6. The molecule has 0 aromatic rings. The first-order valence-electron chi connectivity index (χ1n) is 7.48. The van der Waals surface area contributed by atoms with Gasteiger partial charge in [-0.15, -0.1) is 0 Å². The molecule has 9 heteroatoms. The summed E-state index contributed by atoms with van der Waals surface area (Å²) in [7, 11) is 0. The largest absolute Gasteiger partial charge is 0.451 e. The van der Waals surface area contributed by atoms with Crippen molar-refractivity contribution in [3.05, 3.63) is 12.2 Å². The first-order valence-corrected chi connectivity index (χ1v) is 8.51. The molecule has 2 aliphatic heterocycles. The first-order chi connectivity index (χ1) is 10.9. The van der Waals surface area contributed by atoms with E-state index in [1.165, 1.54) is 6.92 Å². The van der Waals surface area contributed by atoms with E-state index in [1.54, 1.807) is 20.8 Å². The van der Waals surface area contributed by atoms with Crippen molar-refractivity contribution >= 4 is 23.3 Å². The molecule has 0 aliphatic carbocycles. The second-order valence-electron chi connectivity index (χ2n) is 6.65. The monoisotopic (exact) mass is 362 g/mol. The van der Waals surface area contributed by atoms with E-state index in [9.17, 15) is 13.8 Å². The van der Waals surface area contributed by atoms with Crippen LogP contribution in [0.2, 0.25) is 0 Å². The molecule has 0 radical (unpaired) electrons. The number of hydrogen-bond donors (Lipinski definition) is 1. The molecular formula is C15H22O8S. The summed E-state index contributed by atoms with van der Waals surface area (Å²) >= 11 is -2.56. The Bertz CT molecular complexity index is 604. The molecule has 2 fully saturated rings. The van der Waals surface area contributed by atoms with E-state index in [0.29, 0.717) is 12.8 Å². The smallest absolute Gasteiger partial charge is 0.345 e. The van der Waals surface area contributed by atoms with Gasteiger partial charge in [0.25, 0.3) is 0 Å². The van der Waals surface area contributed by atoms with Crippen LogP contribution in [0.5, 0.6) is 0 Å². The van der Waals surface area contributed by atoms with Gasteiger partial charge in [-0.2, -0.15) is 4.21 Å². The summed E-state index contributed by atoms with van der Waals surface area (Å²) in [6.45, 7) is 9.21. The highest BCUT2D eigenvalue weighted by Gasteiger charge is 2.74. The highest BCUT2D eigenvalue weighted by Crippen LogP contribution is 2.58. The minimum absolute atomic E-state index is 0.160. The lowest BCUT2D eigenvalue weighted by Crippen LogP contribution is -2.65. The molecule has 136 valence electrons. The second kappa shape index (κ2) is 6.21. The van der Waals surface area contributed by atoms with Crippen LogP contribution in [0.4, 0.5) is 0 Å². The Morgan fingerprint density at radius 1 is 1.38 bits per heavy atom. The zero-order valence-corrected chi connectivity index (χ0v) is 14.9. The van der Waals surface area contributed by atoms with Crippen LogP contribution in [0.3, 0.4) is 0 Å². The van der Waals surface area contributed by atoms with Crippen molar-refractivity contribution in [1.82, 2.24) is 0 Å². The lowest BCUT2D eigenvalue weighted by Gasteiger charge is -2.47. The van der Waals surface area contributed by atoms with Gasteiger partial charge in [0.1, 0.15) is 5.60 Å². The maximum atomic E-state index is 12.1. The van der Waals surface area contributed by atoms with Gasteiger partial charge in [0, 0.05) is 5.57 Å². The Morgan fingerprint density at radius 2 is 2.00 bits per heavy atom. The number of ether oxygens (including phenoxy) is 3. The maximum absolute atomic E-state index is 12.1. The lowest BCUT2D eigenvalue weighted by atomic mass is 9.67. The summed E-state index contributed by atoms with van der Waals surface area (Å²) in [5.41, 5.74) is -3.35. The van der Waals surface area contributed by atoms with Gasteiger partial charge in [-0.3, -0.25) is 8.74 Å². The molecule has 0 spiro atoms. The zero-order chi connectivity index (χ0) is 18.3. The van der Waals surface area contributed by atoms with Crippen LogP contribution >= 0.6 is 0 Å². The Morgan fingerprint density at radius 3 is 2.54 bits per heavy atom. The fourth-order valence-electron chi connectivity index (χ4n) is 3.40. The van der Waals surface area contributed by atoms with E-state index in [1.807, 2.05) is 0 Å². The summed E-state index contributed by atoms with van der Waals surface area (Å²) in [6, 6.07) is 0. The molecule has 0 aromatic heterocycles. The van der Waals surface area contributed by atoms with E-state index in [-0.39, 0.29) is 5.57 Å². The third-order valence-electron chi connectivity index (χ3n) is 5.09. The van der Waals surface area contributed by atoms with Crippen molar-refractivity contribution in [3.63, 3.8) is 0 Å². The van der Waals surface area contributed by atoms with E-state index in [0.717, 1.165) is 0 Å². The number of hydrogen-bond acceptors (Lipinski definition) is 7. The van der Waals surface area contributed by atoms with Gasteiger partial charge in [-0.1, -0.05) is 6.58 Å². The fourth-order valence-corrected chi connectivity index (χ4v) is 3.97. The molecule has 2 saturated heterocycles. The Balaban J connectivity index is 2.18. The van der Waals surface area contributed by atoms with Crippen LogP contribution in [0.15, 0.2) is 12.2 Å². The topological polar surface area (TPSA) is 108 Å². The number of carbonyl (C=O) groups is 2. The van der Waals surface area contributed by atoms with E-state index in [2.05, 4.69) is 6.58 Å². The lowest BCUT2D eigenvalue weighted by molar-refractivity contribution is -0.202. The van der Waals surface area contributed by atoms with Crippen LogP contribution in [-0.4, -0.2) is 50.2 Å². The molecule has 24 heavy (non-hydrogen) atoms. The summed E-state index contributed by atoms with van der Waals surface area (Å²) in [5, 5.41) is 0. The minimum atomic E-state index is -2.56. The molecule has 5 atom stereocenters. The van der Waals surface area contributed by atoms with Crippen LogP contribution in [0.25, 0.3) is 0 Å². The quantitative estimate of drug-likeness (QED) is 0.427. The SMILES string of the molecule is C=C(C)C(=O)OCC(=O)OC1(C)C2(C)CCC(O2)C1(C)OS(=O)O. The van der Waals surface area contributed by atoms with Crippen molar-refractivity contribution in [1.29, 1.82) is 0 Å². The standard InChI is InChI=1S/C15H22O8S/c1-9(2)12(17)20-8-11(16)22-15(5)13(3)7-6-10(21-13)14(15,4)23-24(18)19/h10H,1,6-8H2,2-5H3,(H,18,19). The number of esters is 2. The molecule has 0 saturated carbocycles. The molecule has 2 heterocycles. The molecule has 1 N–H and O–H groups in total. The summed E-state index contributed by atoms with van der Waals surface area (Å²) in [6.07, 6.45) is 0.723. The normalized spacial score (nSPS) is 38.6. The average Bonchev–Trinajstić information content (AvgIpc) is 2.92. The molecule has 0 amide bonds. The van der Waals surface area contributed by atoms with Gasteiger partial charge in [-0.05, 0) is 40.5 Å². The summed E-state index contributed by atoms with van der Waals surface area (Å²) < 4.78 is 41.8. The summed E-state index contributed by atoms with van der Waals surface area (Å²) in [5.74, 6) is -1.51. The predicted molar refractivity (Wildman–Crippen MR) is 83.0 cm³/mol. The van der Waals surface area contributed by atoms with Crippen molar-refractivity contribution in [2.24, 2.45) is 0 Å². The molecule has 2 bridgehead atoms. The molecule has 2 rings (SSSR count). The van der Waals surface area contributed by atoms with Crippen molar-refractivity contribution in [2.45, 2.75) is 63.4 Å². The fraction of sp³-hybridized carbons (Fsp3) is 0.733. The van der Waals surface area contributed by atoms with E-state index < -0.39 is 52.8 Å². The van der Waals surface area contributed by atoms with E-state index >= 15 is 0 Å². The van der Waals surface area contributed by atoms with Crippen LogP contribution in [-0.2, 0) is 39.3 Å². The van der Waals surface area contributed by atoms with Gasteiger partial charge >= 0.3 is 23.3 Å². The van der Waals surface area contributed by atoms with Crippen LogP contribution in [0.1, 0.15) is 40.5 Å². The van der Waals surface area contributed by atoms with Crippen molar-refractivity contribution < 1.29 is 36.7 Å². The van der Waals surface area contributed by atoms with Gasteiger partial charge in [0.05, 0.1) is 6.10 Å². The zero-order valence-electron chi connectivity index (χ0n) is 14.1. The predicted octanol–water partition coefficient (Wildman–Crippen LogP) is 1.27. The maximum Gasteiger partial charge on any atom is 0.345 e. The van der Waals surface area contributed by atoms with Crippen molar-refractivity contribution in [3.8, 4) is 0 Å². The van der Waals surface area contributed by atoms with Gasteiger partial charge < -0.3 is 14.2 Å². The van der Waals surface area contributed by atoms with Gasteiger partial charge in [0.15, 0.2) is 17.8 Å². The molecular weight excluding hydrogens is 340 g/mol. The molecule has 0 aromatic carbocycles. The average molecular weight is 362 g/mol. The minimum Gasteiger partial charge on any atom is -0.451 e. The van der Waals surface area contributed by atoms with Gasteiger partial charge in [0.2, 0.25) is 0 Å². The second-order valence-corrected chi connectivity index (χ2v) is 7.25. The van der Waals surface area contributed by atoms with Crippen molar-refractivity contribution in [2.75, 3.05) is 6.61 Å². The number of carbonyl (C=O) groups excluding carboxylic acids is 2. The van der Waals surface area contributed by atoms with E-state index in [4.69, 9.17) is 22.9 Å². The van der Waals surface area contributed by atoms with Gasteiger partial charge in [-0.25, -0.2) is 9.59 Å². The van der Waals surface area contributed by atoms with Crippen LogP contribution in [0, 0.1) is 0 Å².